The van der Waals surface area contributed by atoms with Gasteiger partial charge in [0, 0.05) is 13.2 Å². The molecule has 2 aliphatic heterocycles. The minimum Gasteiger partial charge on any atom is -0.379 e. The molecule has 2 nitrogen and oxygen atoms in total. The monoisotopic (exact) mass is 190 g/mol. The minimum atomic E-state index is 0.241. The van der Waals surface area contributed by atoms with E-state index in [1.807, 2.05) is 0 Å². The molecule has 0 aromatic rings. The van der Waals surface area contributed by atoms with E-state index in [1.165, 1.54) is 19.3 Å². The highest BCUT2D eigenvalue weighted by Crippen LogP contribution is 2.13. The van der Waals surface area contributed by atoms with E-state index in [0.29, 0.717) is 6.10 Å². The molecule has 0 aliphatic carbocycles. The molecule has 0 aromatic carbocycles. The first kappa shape index (κ1) is 10.4. The molecular weight excluding hydrogens is 172 g/mol. The molecule has 72 valence electrons. The van der Waals surface area contributed by atoms with Gasteiger partial charge < -0.3 is 9.47 Å². The van der Waals surface area contributed by atoms with Gasteiger partial charge in [0.15, 0.2) is 0 Å². The number of thiol groups is 1. The molecule has 2 unspecified atom stereocenters. The van der Waals surface area contributed by atoms with Gasteiger partial charge in [0.05, 0.1) is 11.5 Å². The van der Waals surface area contributed by atoms with Gasteiger partial charge in [-0.2, -0.15) is 0 Å². The van der Waals surface area contributed by atoms with Crippen molar-refractivity contribution < 1.29 is 9.47 Å². The molecule has 0 amide bonds. The third-order valence-corrected chi connectivity index (χ3v) is 2.47. The maximum Gasteiger partial charge on any atom is 0.1000 e. The van der Waals surface area contributed by atoms with Gasteiger partial charge >= 0.3 is 0 Å². The zero-order valence-electron chi connectivity index (χ0n) is 7.66. The van der Waals surface area contributed by atoms with E-state index in [4.69, 9.17) is 9.47 Å². The quantitative estimate of drug-likeness (QED) is 0.591. The van der Waals surface area contributed by atoms with Gasteiger partial charge in [0.1, 0.15) is 0 Å². The molecule has 2 heterocycles. The van der Waals surface area contributed by atoms with Crippen molar-refractivity contribution in [1.82, 2.24) is 0 Å². The largest absolute Gasteiger partial charge is 0.379 e. The Bertz CT molecular complexity index is 93.1. The summed E-state index contributed by atoms with van der Waals surface area (Å²) in [7, 11) is 0. The van der Waals surface area contributed by atoms with Crippen LogP contribution in [0.1, 0.15) is 32.6 Å². The van der Waals surface area contributed by atoms with Crippen LogP contribution >= 0.6 is 12.6 Å². The number of hydrogen-bond donors (Lipinski definition) is 1. The predicted octanol–water partition coefficient (Wildman–Crippen LogP) is 2.24. The van der Waals surface area contributed by atoms with E-state index >= 15 is 0 Å². The molecule has 2 rings (SSSR count). The molecular formula is C9H18O2S. The zero-order chi connectivity index (χ0) is 8.81. The summed E-state index contributed by atoms with van der Waals surface area (Å²) >= 11 is 4.07. The topological polar surface area (TPSA) is 18.5 Å². The molecule has 0 aromatic heterocycles. The Hall–Kier alpha value is 0.270. The molecule has 0 spiro atoms. The molecule has 0 radical (unpaired) electrons. The fourth-order valence-corrected chi connectivity index (χ4v) is 1.59. The molecule has 2 saturated heterocycles. The second-order valence-electron chi connectivity index (χ2n) is 3.29. The van der Waals surface area contributed by atoms with Gasteiger partial charge in [-0.25, -0.2) is 0 Å². The summed E-state index contributed by atoms with van der Waals surface area (Å²) in [4.78, 5) is 0. The van der Waals surface area contributed by atoms with Gasteiger partial charge in [-0.3, -0.25) is 0 Å². The van der Waals surface area contributed by atoms with Crippen molar-refractivity contribution in [2.75, 3.05) is 13.2 Å². The van der Waals surface area contributed by atoms with Gasteiger partial charge in [-0.15, -0.1) is 12.6 Å². The van der Waals surface area contributed by atoms with E-state index in [1.54, 1.807) is 0 Å². The molecule has 0 bridgehead atoms. The smallest absolute Gasteiger partial charge is 0.1000 e. The van der Waals surface area contributed by atoms with Crippen LogP contribution in [0, 0.1) is 0 Å². The van der Waals surface area contributed by atoms with Crippen LogP contribution in [-0.4, -0.2) is 24.8 Å². The van der Waals surface area contributed by atoms with Crippen LogP contribution in [-0.2, 0) is 9.47 Å². The summed E-state index contributed by atoms with van der Waals surface area (Å²) in [5, 5.41) is 0. The molecule has 0 N–H and O–H groups in total. The lowest BCUT2D eigenvalue weighted by Crippen LogP contribution is -1.94. The lowest BCUT2D eigenvalue weighted by molar-refractivity contribution is 0.125. The molecule has 12 heavy (non-hydrogen) atoms. The van der Waals surface area contributed by atoms with Crippen LogP contribution in [0.3, 0.4) is 0 Å². The maximum atomic E-state index is 5.15. The maximum absolute atomic E-state index is 5.15. The molecule has 3 heteroatoms. The van der Waals surface area contributed by atoms with Gasteiger partial charge in [0.2, 0.25) is 0 Å². The molecule has 0 saturated carbocycles. The predicted molar refractivity (Wildman–Crippen MR) is 52.6 cm³/mol. The second kappa shape index (κ2) is 5.84. The van der Waals surface area contributed by atoms with Crippen LogP contribution in [0.2, 0.25) is 0 Å². The fourth-order valence-electron chi connectivity index (χ4n) is 1.30. The van der Waals surface area contributed by atoms with Crippen molar-refractivity contribution in [3.05, 3.63) is 0 Å². The third kappa shape index (κ3) is 4.33. The summed E-state index contributed by atoms with van der Waals surface area (Å²) in [6, 6.07) is 0. The Morgan fingerprint density at radius 3 is 1.92 bits per heavy atom. The van der Waals surface area contributed by atoms with Crippen LogP contribution in [0.5, 0.6) is 0 Å². The van der Waals surface area contributed by atoms with E-state index < -0.39 is 0 Å². The Kier molecular flexibility index (Phi) is 5.04. The highest BCUT2D eigenvalue weighted by Gasteiger charge is 2.08. The molecule has 2 atom stereocenters. The third-order valence-electron chi connectivity index (χ3n) is 2.06. The Morgan fingerprint density at radius 1 is 1.08 bits per heavy atom. The summed E-state index contributed by atoms with van der Waals surface area (Å²) in [5.74, 6) is 0. The fraction of sp³-hybridized carbons (Fsp3) is 1.00. The van der Waals surface area contributed by atoms with Crippen molar-refractivity contribution in [2.24, 2.45) is 0 Å². The Balaban J connectivity index is 0.000000120. The van der Waals surface area contributed by atoms with E-state index in [9.17, 15) is 0 Å². The number of ether oxygens (including phenoxy) is 2. The summed E-state index contributed by atoms with van der Waals surface area (Å²) in [6.07, 6.45) is 5.39. The number of rotatable bonds is 0. The van der Waals surface area contributed by atoms with Crippen molar-refractivity contribution in [2.45, 2.75) is 44.1 Å². The van der Waals surface area contributed by atoms with Gasteiger partial charge in [-0.1, -0.05) is 0 Å². The highest BCUT2D eigenvalue weighted by molar-refractivity contribution is 7.80. The first-order valence-electron chi connectivity index (χ1n) is 4.70. The van der Waals surface area contributed by atoms with Crippen LogP contribution < -0.4 is 0 Å². The lowest BCUT2D eigenvalue weighted by atomic mass is 10.3. The second-order valence-corrected chi connectivity index (χ2v) is 3.87. The Labute approximate surface area is 80.0 Å². The van der Waals surface area contributed by atoms with Crippen molar-refractivity contribution in [1.29, 1.82) is 0 Å². The van der Waals surface area contributed by atoms with Crippen molar-refractivity contribution in [3.8, 4) is 0 Å². The number of hydrogen-bond acceptors (Lipinski definition) is 3. The molecule has 2 fully saturated rings. The van der Waals surface area contributed by atoms with E-state index in [-0.39, 0.29) is 5.44 Å². The normalized spacial score (nSPS) is 34.5. The SMILES string of the molecule is CC1CCCO1.SC1CCCO1. The lowest BCUT2D eigenvalue weighted by Gasteiger charge is -1.94. The van der Waals surface area contributed by atoms with Crippen LogP contribution in [0.25, 0.3) is 0 Å². The zero-order valence-corrected chi connectivity index (χ0v) is 8.56. The summed E-state index contributed by atoms with van der Waals surface area (Å²) < 4.78 is 10.2. The van der Waals surface area contributed by atoms with Crippen molar-refractivity contribution >= 4 is 12.6 Å². The average Bonchev–Trinajstić information content (AvgIpc) is 2.63. The van der Waals surface area contributed by atoms with Gasteiger partial charge in [-0.05, 0) is 32.6 Å². The summed E-state index contributed by atoms with van der Waals surface area (Å²) in [5.41, 5.74) is 0.241. The Morgan fingerprint density at radius 2 is 1.75 bits per heavy atom. The average molecular weight is 190 g/mol. The van der Waals surface area contributed by atoms with Crippen LogP contribution in [0.4, 0.5) is 0 Å². The molecule has 2 aliphatic rings. The minimum absolute atomic E-state index is 0.241. The van der Waals surface area contributed by atoms with Gasteiger partial charge in [0.25, 0.3) is 0 Å². The first-order valence-corrected chi connectivity index (χ1v) is 5.22. The standard InChI is InChI=1S/C5H10O.C4H8OS/c1-5-3-2-4-6-5;6-4-2-1-3-5-4/h5H,2-4H2,1H3;4,6H,1-3H2. The van der Waals surface area contributed by atoms with Crippen molar-refractivity contribution in [3.63, 3.8) is 0 Å². The van der Waals surface area contributed by atoms with Crippen LogP contribution in [0.15, 0.2) is 0 Å². The summed E-state index contributed by atoms with van der Waals surface area (Å²) in [6.45, 7) is 4.02. The van der Waals surface area contributed by atoms with E-state index in [2.05, 4.69) is 19.6 Å². The first-order chi connectivity index (χ1) is 5.79. The van der Waals surface area contributed by atoms with E-state index in [0.717, 1.165) is 19.6 Å². The highest BCUT2D eigenvalue weighted by atomic mass is 32.1.